The third-order valence-electron chi connectivity index (χ3n) is 4.38. The highest BCUT2D eigenvalue weighted by Gasteiger charge is 2.35. The van der Waals surface area contributed by atoms with Gasteiger partial charge in [0.25, 0.3) is 0 Å². The Morgan fingerprint density at radius 3 is 2.71 bits per heavy atom. The molecule has 0 bridgehead atoms. The number of benzene rings is 1. The van der Waals surface area contributed by atoms with E-state index in [4.69, 9.17) is 11.0 Å². The Labute approximate surface area is 126 Å². The van der Waals surface area contributed by atoms with Crippen molar-refractivity contribution in [1.29, 1.82) is 5.26 Å². The highest BCUT2D eigenvalue weighted by molar-refractivity contribution is 7.89. The molecule has 1 aliphatic carbocycles. The van der Waals surface area contributed by atoms with Crippen molar-refractivity contribution in [3.8, 4) is 6.07 Å². The lowest BCUT2D eigenvalue weighted by molar-refractivity contribution is 0.304. The number of rotatable bonds is 4. The number of hydrogen-bond acceptors (Lipinski definition) is 4. The molecule has 2 atom stereocenters. The van der Waals surface area contributed by atoms with Crippen LogP contribution in [-0.4, -0.2) is 32.4 Å². The molecule has 2 N–H and O–H groups in total. The zero-order valence-corrected chi connectivity index (χ0v) is 13.2. The van der Waals surface area contributed by atoms with Gasteiger partial charge in [0.2, 0.25) is 10.0 Å². The molecule has 1 aromatic rings. The van der Waals surface area contributed by atoms with E-state index in [0.29, 0.717) is 17.7 Å². The standard InChI is InChI=1S/C15H21N3O2S/c1-11-8-14(7-6-12(11)9-16)21(19,20)18(2)15-5-3-4-13(15)10-17/h6-8,13,15H,3-5,10,17H2,1-2H3. The molecule has 0 saturated heterocycles. The summed E-state index contributed by atoms with van der Waals surface area (Å²) >= 11 is 0. The SMILES string of the molecule is Cc1cc(S(=O)(=O)N(C)C2CCCC2CN)ccc1C#N. The number of nitrogens with zero attached hydrogens (tertiary/aromatic N) is 2. The highest BCUT2D eigenvalue weighted by atomic mass is 32.2. The number of nitriles is 1. The molecule has 21 heavy (non-hydrogen) atoms. The molecule has 114 valence electrons. The molecule has 1 aromatic carbocycles. The molecule has 2 rings (SSSR count). The quantitative estimate of drug-likeness (QED) is 0.915. The maximum atomic E-state index is 12.7. The molecule has 2 unspecified atom stereocenters. The van der Waals surface area contributed by atoms with Crippen molar-refractivity contribution in [3.05, 3.63) is 29.3 Å². The van der Waals surface area contributed by atoms with Crippen molar-refractivity contribution in [2.75, 3.05) is 13.6 Å². The van der Waals surface area contributed by atoms with Crippen molar-refractivity contribution in [3.63, 3.8) is 0 Å². The minimum absolute atomic E-state index is 0.0315. The van der Waals surface area contributed by atoms with Crippen molar-refractivity contribution < 1.29 is 8.42 Å². The van der Waals surface area contributed by atoms with Crippen LogP contribution in [0.5, 0.6) is 0 Å². The van der Waals surface area contributed by atoms with Gasteiger partial charge >= 0.3 is 0 Å². The zero-order valence-electron chi connectivity index (χ0n) is 12.4. The van der Waals surface area contributed by atoms with Gasteiger partial charge in [-0.05, 0) is 56.0 Å². The second kappa shape index (κ2) is 6.14. The highest BCUT2D eigenvalue weighted by Crippen LogP contribution is 2.32. The van der Waals surface area contributed by atoms with Crippen molar-refractivity contribution in [2.45, 2.75) is 37.1 Å². The topological polar surface area (TPSA) is 87.2 Å². The fourth-order valence-electron chi connectivity index (χ4n) is 3.04. The summed E-state index contributed by atoms with van der Waals surface area (Å²) in [6.45, 7) is 2.26. The smallest absolute Gasteiger partial charge is 0.243 e. The Kier molecular flexibility index (Phi) is 4.67. The van der Waals surface area contributed by atoms with Crippen LogP contribution in [0, 0.1) is 24.2 Å². The zero-order chi connectivity index (χ0) is 15.6. The lowest BCUT2D eigenvalue weighted by Crippen LogP contribution is -2.41. The van der Waals surface area contributed by atoms with E-state index in [1.807, 2.05) is 6.07 Å². The molecule has 0 aliphatic heterocycles. The molecule has 1 aliphatic rings. The summed E-state index contributed by atoms with van der Waals surface area (Å²) in [6, 6.07) is 6.65. The van der Waals surface area contributed by atoms with Crippen LogP contribution in [0.25, 0.3) is 0 Å². The molecule has 1 saturated carbocycles. The van der Waals surface area contributed by atoms with Gasteiger partial charge in [-0.15, -0.1) is 0 Å². The molecular weight excluding hydrogens is 286 g/mol. The predicted octanol–water partition coefficient (Wildman–Crippen LogP) is 1.61. The van der Waals surface area contributed by atoms with Crippen LogP contribution in [0.1, 0.15) is 30.4 Å². The molecule has 6 heteroatoms. The Bertz CT molecular complexity index is 664. The van der Waals surface area contributed by atoms with Crippen LogP contribution in [-0.2, 0) is 10.0 Å². The summed E-state index contributed by atoms with van der Waals surface area (Å²) < 4.78 is 26.9. The maximum absolute atomic E-state index is 12.7. The number of sulfonamides is 1. The first-order valence-corrected chi connectivity index (χ1v) is 8.54. The average molecular weight is 307 g/mol. The van der Waals surface area contributed by atoms with E-state index in [2.05, 4.69) is 0 Å². The summed E-state index contributed by atoms with van der Waals surface area (Å²) in [5.74, 6) is 0.226. The van der Waals surface area contributed by atoms with Crippen molar-refractivity contribution >= 4 is 10.0 Å². The van der Waals surface area contributed by atoms with Crippen LogP contribution in [0.4, 0.5) is 0 Å². The molecule has 0 radical (unpaired) electrons. The summed E-state index contributed by atoms with van der Waals surface area (Å²) in [7, 11) is -1.92. The normalized spacial score (nSPS) is 22.4. The van der Waals surface area contributed by atoms with E-state index in [1.165, 1.54) is 10.4 Å². The van der Waals surface area contributed by atoms with Gasteiger partial charge in [-0.2, -0.15) is 9.57 Å². The van der Waals surface area contributed by atoms with Gasteiger partial charge in [-0.25, -0.2) is 8.42 Å². The first kappa shape index (κ1) is 16.0. The third-order valence-corrected chi connectivity index (χ3v) is 6.26. The van der Waals surface area contributed by atoms with Crippen LogP contribution in [0.2, 0.25) is 0 Å². The van der Waals surface area contributed by atoms with E-state index in [0.717, 1.165) is 19.3 Å². The molecular formula is C15H21N3O2S. The van der Waals surface area contributed by atoms with Crippen LogP contribution >= 0.6 is 0 Å². The van der Waals surface area contributed by atoms with E-state index < -0.39 is 10.0 Å². The van der Waals surface area contributed by atoms with E-state index in [-0.39, 0.29) is 16.9 Å². The van der Waals surface area contributed by atoms with E-state index in [1.54, 1.807) is 26.1 Å². The maximum Gasteiger partial charge on any atom is 0.243 e. The number of hydrogen-bond donors (Lipinski definition) is 1. The first-order chi connectivity index (χ1) is 9.91. The number of aryl methyl sites for hydroxylation is 1. The van der Waals surface area contributed by atoms with Gasteiger partial charge in [-0.3, -0.25) is 0 Å². The fraction of sp³-hybridized carbons (Fsp3) is 0.533. The summed E-state index contributed by atoms with van der Waals surface area (Å²) in [5, 5.41) is 8.94. The minimum atomic E-state index is -3.54. The second-order valence-electron chi connectivity index (χ2n) is 5.60. The lowest BCUT2D eigenvalue weighted by atomic mass is 10.0. The Morgan fingerprint density at radius 2 is 2.14 bits per heavy atom. The average Bonchev–Trinajstić information content (AvgIpc) is 2.94. The molecule has 0 amide bonds. The van der Waals surface area contributed by atoms with Crippen molar-refractivity contribution in [1.82, 2.24) is 4.31 Å². The van der Waals surface area contributed by atoms with Gasteiger partial charge in [-0.1, -0.05) is 6.42 Å². The molecule has 0 spiro atoms. The van der Waals surface area contributed by atoms with E-state index >= 15 is 0 Å². The Balaban J connectivity index is 2.33. The monoisotopic (exact) mass is 307 g/mol. The molecule has 1 fully saturated rings. The summed E-state index contributed by atoms with van der Waals surface area (Å²) in [5.41, 5.74) is 6.92. The fourth-order valence-corrected chi connectivity index (χ4v) is 4.57. The Morgan fingerprint density at radius 1 is 1.43 bits per heavy atom. The summed E-state index contributed by atoms with van der Waals surface area (Å²) in [4.78, 5) is 0.240. The molecule has 5 nitrogen and oxygen atoms in total. The first-order valence-electron chi connectivity index (χ1n) is 7.10. The van der Waals surface area contributed by atoms with Crippen LogP contribution in [0.3, 0.4) is 0 Å². The third kappa shape index (κ3) is 2.95. The van der Waals surface area contributed by atoms with E-state index in [9.17, 15) is 8.42 Å². The minimum Gasteiger partial charge on any atom is -0.330 e. The molecule has 0 aromatic heterocycles. The van der Waals surface area contributed by atoms with Gasteiger partial charge in [0.1, 0.15) is 0 Å². The van der Waals surface area contributed by atoms with Gasteiger partial charge in [0.05, 0.1) is 16.5 Å². The summed E-state index contributed by atoms with van der Waals surface area (Å²) in [6.07, 6.45) is 2.85. The van der Waals surface area contributed by atoms with Gasteiger partial charge in [0, 0.05) is 13.1 Å². The Hall–Kier alpha value is -1.42. The van der Waals surface area contributed by atoms with Crippen LogP contribution in [0.15, 0.2) is 23.1 Å². The lowest BCUT2D eigenvalue weighted by Gasteiger charge is -2.28. The molecule has 0 heterocycles. The van der Waals surface area contributed by atoms with Gasteiger partial charge in [0.15, 0.2) is 0 Å². The second-order valence-corrected chi connectivity index (χ2v) is 7.60. The largest absolute Gasteiger partial charge is 0.330 e. The predicted molar refractivity (Wildman–Crippen MR) is 81.0 cm³/mol. The number of nitrogens with two attached hydrogens (primary N) is 1. The van der Waals surface area contributed by atoms with Crippen molar-refractivity contribution in [2.24, 2.45) is 11.7 Å². The van der Waals surface area contributed by atoms with Gasteiger partial charge < -0.3 is 5.73 Å². The van der Waals surface area contributed by atoms with Crippen LogP contribution < -0.4 is 5.73 Å².